The van der Waals surface area contributed by atoms with Crippen molar-refractivity contribution in [2.45, 2.75) is 32.6 Å². The summed E-state index contributed by atoms with van der Waals surface area (Å²) in [6, 6.07) is 15.7. The molecule has 0 spiro atoms. The van der Waals surface area contributed by atoms with Crippen molar-refractivity contribution in [3.63, 3.8) is 0 Å². The Bertz CT molecular complexity index is 1020. The van der Waals surface area contributed by atoms with Crippen LogP contribution >= 0.6 is 11.6 Å². The summed E-state index contributed by atoms with van der Waals surface area (Å²) in [5, 5.41) is 6.47. The SMILES string of the molecule is CCCCCc1nc2ccccc2c2nc(-c3ccc(Cl)cc3)nn12. The largest absolute Gasteiger partial charge is 0.233 e. The molecule has 4 rings (SSSR count). The van der Waals surface area contributed by atoms with E-state index in [9.17, 15) is 0 Å². The smallest absolute Gasteiger partial charge is 0.182 e. The molecule has 0 atom stereocenters. The summed E-state index contributed by atoms with van der Waals surface area (Å²) < 4.78 is 1.90. The molecule has 0 fully saturated rings. The van der Waals surface area contributed by atoms with Crippen LogP contribution in [0.25, 0.3) is 27.9 Å². The average molecular weight is 351 g/mol. The second kappa shape index (κ2) is 6.81. The van der Waals surface area contributed by atoms with Crippen LogP contribution in [0.15, 0.2) is 48.5 Å². The molecule has 0 radical (unpaired) electrons. The van der Waals surface area contributed by atoms with E-state index in [1.165, 1.54) is 12.8 Å². The van der Waals surface area contributed by atoms with Crippen molar-refractivity contribution >= 4 is 28.2 Å². The molecule has 25 heavy (non-hydrogen) atoms. The van der Waals surface area contributed by atoms with E-state index in [1.807, 2.05) is 53.0 Å². The van der Waals surface area contributed by atoms with Crippen LogP contribution < -0.4 is 0 Å². The Morgan fingerprint density at radius 3 is 2.56 bits per heavy atom. The Labute approximate surface area is 151 Å². The molecule has 0 amide bonds. The number of fused-ring (bicyclic) bond motifs is 3. The van der Waals surface area contributed by atoms with Crippen molar-refractivity contribution in [1.29, 1.82) is 0 Å². The third kappa shape index (κ3) is 3.10. The van der Waals surface area contributed by atoms with Crippen molar-refractivity contribution in [3.8, 4) is 11.4 Å². The predicted octanol–water partition coefficient (Wildman–Crippen LogP) is 5.33. The van der Waals surface area contributed by atoms with Gasteiger partial charge in [-0.3, -0.25) is 0 Å². The summed E-state index contributed by atoms with van der Waals surface area (Å²) in [5.41, 5.74) is 2.79. The quantitative estimate of drug-likeness (QED) is 0.457. The van der Waals surface area contributed by atoms with Crippen LogP contribution in [0.3, 0.4) is 0 Å². The van der Waals surface area contributed by atoms with Gasteiger partial charge in [0.15, 0.2) is 11.5 Å². The van der Waals surface area contributed by atoms with Gasteiger partial charge < -0.3 is 0 Å². The summed E-state index contributed by atoms with van der Waals surface area (Å²) in [4.78, 5) is 9.63. The number of aryl methyl sites for hydroxylation is 1. The Morgan fingerprint density at radius 2 is 1.76 bits per heavy atom. The third-order valence-electron chi connectivity index (χ3n) is 4.35. The van der Waals surface area contributed by atoms with Crippen LogP contribution in [0.5, 0.6) is 0 Å². The zero-order valence-electron chi connectivity index (χ0n) is 14.1. The Kier molecular flexibility index (Phi) is 4.36. The predicted molar refractivity (Wildman–Crippen MR) is 102 cm³/mol. The topological polar surface area (TPSA) is 43.1 Å². The first-order valence-electron chi connectivity index (χ1n) is 8.66. The van der Waals surface area contributed by atoms with Gasteiger partial charge in [0.25, 0.3) is 0 Å². The van der Waals surface area contributed by atoms with Crippen molar-refractivity contribution < 1.29 is 0 Å². The number of para-hydroxylation sites is 1. The Morgan fingerprint density at radius 1 is 0.960 bits per heavy atom. The van der Waals surface area contributed by atoms with Crippen molar-refractivity contribution in [2.75, 3.05) is 0 Å². The van der Waals surface area contributed by atoms with Crippen molar-refractivity contribution in [2.24, 2.45) is 0 Å². The fourth-order valence-corrected chi connectivity index (χ4v) is 3.16. The second-order valence-electron chi connectivity index (χ2n) is 6.18. The van der Waals surface area contributed by atoms with E-state index in [0.29, 0.717) is 10.8 Å². The molecule has 0 bridgehead atoms. The molecule has 4 aromatic rings. The fourth-order valence-electron chi connectivity index (χ4n) is 3.03. The van der Waals surface area contributed by atoms with E-state index < -0.39 is 0 Å². The van der Waals surface area contributed by atoms with E-state index in [4.69, 9.17) is 26.7 Å². The lowest BCUT2D eigenvalue weighted by Crippen LogP contribution is -2.03. The van der Waals surface area contributed by atoms with Crippen LogP contribution in [0.2, 0.25) is 5.02 Å². The van der Waals surface area contributed by atoms with Crippen LogP contribution in [0.4, 0.5) is 0 Å². The van der Waals surface area contributed by atoms with Crippen LogP contribution in [-0.4, -0.2) is 19.6 Å². The Hall–Kier alpha value is -2.46. The minimum Gasteiger partial charge on any atom is -0.233 e. The minimum atomic E-state index is 0.701. The normalized spacial score (nSPS) is 11.4. The summed E-state index contributed by atoms with van der Waals surface area (Å²) in [6.45, 7) is 2.21. The Balaban J connectivity index is 1.89. The monoisotopic (exact) mass is 350 g/mol. The zero-order valence-corrected chi connectivity index (χ0v) is 14.9. The molecule has 126 valence electrons. The van der Waals surface area contributed by atoms with E-state index in [1.54, 1.807) is 0 Å². The highest BCUT2D eigenvalue weighted by molar-refractivity contribution is 6.30. The maximum absolute atomic E-state index is 6.00. The maximum Gasteiger partial charge on any atom is 0.182 e. The van der Waals surface area contributed by atoms with Gasteiger partial charge in [-0.15, -0.1) is 5.10 Å². The van der Waals surface area contributed by atoms with E-state index >= 15 is 0 Å². The van der Waals surface area contributed by atoms with Gasteiger partial charge in [-0.1, -0.05) is 43.5 Å². The number of aromatic nitrogens is 4. The molecule has 4 nitrogen and oxygen atoms in total. The second-order valence-corrected chi connectivity index (χ2v) is 6.62. The molecule has 0 N–H and O–H groups in total. The molecule has 0 aliphatic heterocycles. The van der Waals surface area contributed by atoms with E-state index in [2.05, 4.69) is 6.92 Å². The summed E-state index contributed by atoms with van der Waals surface area (Å²) >= 11 is 6.00. The van der Waals surface area contributed by atoms with Crippen LogP contribution in [-0.2, 0) is 6.42 Å². The molecule has 2 heterocycles. The summed E-state index contributed by atoms with van der Waals surface area (Å²) in [6.07, 6.45) is 4.38. The number of nitrogens with zero attached hydrogens (tertiary/aromatic N) is 4. The molecule has 5 heteroatoms. The van der Waals surface area contributed by atoms with Gasteiger partial charge in [0, 0.05) is 22.4 Å². The number of unbranched alkanes of at least 4 members (excludes halogenated alkanes) is 2. The highest BCUT2D eigenvalue weighted by atomic mass is 35.5. The first-order chi connectivity index (χ1) is 12.3. The first-order valence-corrected chi connectivity index (χ1v) is 9.04. The number of benzene rings is 2. The molecule has 0 aliphatic carbocycles. The molecular weight excluding hydrogens is 332 g/mol. The standard InChI is InChI=1S/C20H19ClN4/c1-2-3-4-9-18-22-17-8-6-5-7-16(17)20-23-19(24-25(18)20)14-10-12-15(21)13-11-14/h5-8,10-13H,2-4,9H2,1H3. The summed E-state index contributed by atoms with van der Waals surface area (Å²) in [7, 11) is 0. The van der Waals surface area contributed by atoms with Crippen LogP contribution in [0, 0.1) is 0 Å². The van der Waals surface area contributed by atoms with Crippen LogP contribution in [0.1, 0.15) is 32.0 Å². The van der Waals surface area contributed by atoms with Gasteiger partial charge in [0.05, 0.1) is 5.52 Å². The highest BCUT2D eigenvalue weighted by Gasteiger charge is 2.14. The lowest BCUT2D eigenvalue weighted by atomic mass is 10.2. The van der Waals surface area contributed by atoms with Crippen molar-refractivity contribution in [1.82, 2.24) is 19.6 Å². The molecule has 2 aromatic carbocycles. The van der Waals surface area contributed by atoms with Gasteiger partial charge in [-0.2, -0.15) is 4.52 Å². The number of hydrogen-bond donors (Lipinski definition) is 0. The number of hydrogen-bond acceptors (Lipinski definition) is 3. The maximum atomic E-state index is 6.00. The van der Waals surface area contributed by atoms with Gasteiger partial charge in [0.2, 0.25) is 0 Å². The van der Waals surface area contributed by atoms with E-state index in [-0.39, 0.29) is 0 Å². The fraction of sp³-hybridized carbons (Fsp3) is 0.250. The lowest BCUT2D eigenvalue weighted by molar-refractivity contribution is 0.676. The number of halogens is 1. The molecule has 0 saturated carbocycles. The van der Waals surface area contributed by atoms with E-state index in [0.717, 1.165) is 40.8 Å². The molecule has 0 aliphatic rings. The van der Waals surface area contributed by atoms with Gasteiger partial charge in [-0.25, -0.2) is 9.97 Å². The first kappa shape index (κ1) is 16.0. The highest BCUT2D eigenvalue weighted by Crippen LogP contribution is 2.24. The molecule has 0 saturated heterocycles. The van der Waals surface area contributed by atoms with Gasteiger partial charge in [0.1, 0.15) is 5.82 Å². The van der Waals surface area contributed by atoms with Gasteiger partial charge >= 0.3 is 0 Å². The number of rotatable bonds is 5. The molecule has 2 aromatic heterocycles. The minimum absolute atomic E-state index is 0.701. The lowest BCUT2D eigenvalue weighted by Gasteiger charge is -2.06. The van der Waals surface area contributed by atoms with Gasteiger partial charge in [-0.05, 0) is 42.8 Å². The molecule has 0 unspecified atom stereocenters. The summed E-state index contributed by atoms with van der Waals surface area (Å²) in [5.74, 6) is 1.67. The molecular formula is C20H19ClN4. The average Bonchev–Trinajstić information content (AvgIpc) is 3.08. The third-order valence-corrected chi connectivity index (χ3v) is 4.60. The van der Waals surface area contributed by atoms with Crippen molar-refractivity contribution in [3.05, 3.63) is 59.4 Å². The zero-order chi connectivity index (χ0) is 17.2.